The highest BCUT2D eigenvalue weighted by Crippen LogP contribution is 2.24. The molecule has 1 fully saturated rings. The molecule has 0 saturated heterocycles. The fourth-order valence-electron chi connectivity index (χ4n) is 2.15. The molecule has 2 N–H and O–H groups in total. The van der Waals surface area contributed by atoms with Gasteiger partial charge in [-0.15, -0.1) is 0 Å². The summed E-state index contributed by atoms with van der Waals surface area (Å²) in [6, 6.07) is 6.54. The molecule has 1 aromatic rings. The van der Waals surface area contributed by atoms with Crippen molar-refractivity contribution in [2.45, 2.75) is 44.2 Å². The van der Waals surface area contributed by atoms with E-state index in [1.807, 2.05) is 0 Å². The highest BCUT2D eigenvalue weighted by molar-refractivity contribution is 5.24. The summed E-state index contributed by atoms with van der Waals surface area (Å²) >= 11 is 0. The van der Waals surface area contributed by atoms with Crippen LogP contribution in [0.2, 0.25) is 0 Å². The lowest BCUT2D eigenvalue weighted by Gasteiger charge is -2.23. The predicted molar refractivity (Wildman–Crippen MR) is 61.9 cm³/mol. The summed E-state index contributed by atoms with van der Waals surface area (Å²) < 4.78 is 19.1. The fourth-order valence-corrected chi connectivity index (χ4v) is 2.15. The molecule has 1 saturated carbocycles. The Morgan fingerprint density at radius 2 is 1.88 bits per heavy atom. The normalized spacial score (nSPS) is 26.1. The Bertz CT molecular complexity index is 342. The first-order valence-electron chi connectivity index (χ1n) is 5.94. The highest BCUT2D eigenvalue weighted by Gasteiger charge is 2.22. The molecular weight excluding hydrogens is 205 g/mol. The SMILES string of the molecule is N[C@@H]1CCCCC[C@@H]1Oc1ccccc1F. The van der Waals surface area contributed by atoms with Crippen LogP contribution in [0.1, 0.15) is 32.1 Å². The number of halogens is 1. The van der Waals surface area contributed by atoms with Crippen LogP contribution in [-0.4, -0.2) is 12.1 Å². The molecule has 0 amide bonds. The number of hydrogen-bond acceptors (Lipinski definition) is 2. The highest BCUT2D eigenvalue weighted by atomic mass is 19.1. The average Bonchev–Trinajstić information content (AvgIpc) is 2.48. The van der Waals surface area contributed by atoms with E-state index in [1.54, 1.807) is 18.2 Å². The third kappa shape index (κ3) is 2.73. The molecule has 2 nitrogen and oxygen atoms in total. The Kier molecular flexibility index (Phi) is 3.78. The second kappa shape index (κ2) is 5.30. The Labute approximate surface area is 95.6 Å². The minimum absolute atomic E-state index is 0.0297. The van der Waals surface area contributed by atoms with E-state index < -0.39 is 0 Å². The molecule has 88 valence electrons. The average molecular weight is 223 g/mol. The lowest BCUT2D eigenvalue weighted by Crippen LogP contribution is -2.38. The van der Waals surface area contributed by atoms with E-state index in [4.69, 9.17) is 10.5 Å². The first-order valence-corrected chi connectivity index (χ1v) is 5.94. The molecule has 0 bridgehead atoms. The quantitative estimate of drug-likeness (QED) is 0.782. The molecular formula is C13H18FNO. The lowest BCUT2D eigenvalue weighted by molar-refractivity contribution is 0.156. The monoisotopic (exact) mass is 223 g/mol. The van der Waals surface area contributed by atoms with Crippen LogP contribution in [0.4, 0.5) is 4.39 Å². The van der Waals surface area contributed by atoms with Crippen LogP contribution in [0.3, 0.4) is 0 Å². The first-order chi connectivity index (χ1) is 7.77. The topological polar surface area (TPSA) is 35.2 Å². The van der Waals surface area contributed by atoms with E-state index in [2.05, 4.69) is 0 Å². The van der Waals surface area contributed by atoms with Gasteiger partial charge in [0.15, 0.2) is 11.6 Å². The van der Waals surface area contributed by atoms with Gasteiger partial charge in [0.05, 0.1) is 0 Å². The van der Waals surface area contributed by atoms with Crippen LogP contribution < -0.4 is 10.5 Å². The van der Waals surface area contributed by atoms with Gasteiger partial charge in [-0.1, -0.05) is 25.0 Å². The smallest absolute Gasteiger partial charge is 0.165 e. The summed E-state index contributed by atoms with van der Waals surface area (Å²) in [7, 11) is 0. The van der Waals surface area contributed by atoms with E-state index in [1.165, 1.54) is 12.5 Å². The van der Waals surface area contributed by atoms with Gasteiger partial charge in [-0.05, 0) is 31.4 Å². The number of hydrogen-bond donors (Lipinski definition) is 1. The van der Waals surface area contributed by atoms with Crippen LogP contribution in [0.15, 0.2) is 24.3 Å². The van der Waals surface area contributed by atoms with Crippen molar-refractivity contribution in [3.8, 4) is 5.75 Å². The van der Waals surface area contributed by atoms with Crippen LogP contribution in [-0.2, 0) is 0 Å². The predicted octanol–water partition coefficient (Wildman–Crippen LogP) is 2.86. The third-order valence-corrected chi connectivity index (χ3v) is 3.12. The summed E-state index contributed by atoms with van der Waals surface area (Å²) in [5, 5.41) is 0. The first kappa shape index (κ1) is 11.4. The van der Waals surface area contributed by atoms with Crippen LogP contribution >= 0.6 is 0 Å². The molecule has 1 aliphatic carbocycles. The van der Waals surface area contributed by atoms with Gasteiger partial charge in [0.2, 0.25) is 0 Å². The Morgan fingerprint density at radius 1 is 1.12 bits per heavy atom. The molecule has 0 unspecified atom stereocenters. The molecule has 0 spiro atoms. The zero-order valence-electron chi connectivity index (χ0n) is 9.36. The van der Waals surface area contributed by atoms with Gasteiger partial charge in [-0.25, -0.2) is 4.39 Å². The van der Waals surface area contributed by atoms with Gasteiger partial charge in [0.25, 0.3) is 0 Å². The maximum Gasteiger partial charge on any atom is 0.165 e. The van der Waals surface area contributed by atoms with Crippen molar-refractivity contribution < 1.29 is 9.13 Å². The maximum atomic E-state index is 13.4. The van der Waals surface area contributed by atoms with Gasteiger partial charge in [0, 0.05) is 6.04 Å². The Morgan fingerprint density at radius 3 is 2.69 bits per heavy atom. The number of rotatable bonds is 2. The molecule has 0 aliphatic heterocycles. The van der Waals surface area contributed by atoms with Crippen molar-refractivity contribution in [2.24, 2.45) is 5.73 Å². The van der Waals surface area contributed by atoms with E-state index in [9.17, 15) is 4.39 Å². The lowest BCUT2D eigenvalue weighted by atomic mass is 10.1. The summed E-state index contributed by atoms with van der Waals surface area (Å²) in [6.45, 7) is 0. The molecule has 3 heteroatoms. The summed E-state index contributed by atoms with van der Waals surface area (Å²) in [5.41, 5.74) is 6.03. The van der Waals surface area contributed by atoms with Gasteiger partial charge >= 0.3 is 0 Å². The van der Waals surface area contributed by atoms with Gasteiger partial charge in [0.1, 0.15) is 6.10 Å². The fraction of sp³-hybridized carbons (Fsp3) is 0.538. The number of nitrogens with two attached hydrogens (primary N) is 1. The molecule has 0 aromatic heterocycles. The third-order valence-electron chi connectivity index (χ3n) is 3.12. The summed E-state index contributed by atoms with van der Waals surface area (Å²) in [5.74, 6) is 0.0174. The van der Waals surface area contributed by atoms with E-state index >= 15 is 0 Å². The summed E-state index contributed by atoms with van der Waals surface area (Å²) in [6.07, 6.45) is 5.32. The van der Waals surface area contributed by atoms with Crippen LogP contribution in [0.5, 0.6) is 5.75 Å². The molecule has 0 radical (unpaired) electrons. The van der Waals surface area contributed by atoms with Crippen LogP contribution in [0, 0.1) is 5.82 Å². The van der Waals surface area contributed by atoms with Gasteiger partial charge in [-0.2, -0.15) is 0 Å². The standard InChI is InChI=1S/C13H18FNO/c14-10-6-4-5-8-12(10)16-13-9-3-1-2-7-11(13)15/h4-6,8,11,13H,1-3,7,9,15H2/t11-,13+/m1/s1. The van der Waals surface area contributed by atoms with Gasteiger partial charge in [-0.3, -0.25) is 0 Å². The molecule has 2 rings (SSSR count). The second-order valence-corrected chi connectivity index (χ2v) is 4.39. The number of para-hydroxylation sites is 1. The minimum atomic E-state index is -0.307. The van der Waals surface area contributed by atoms with Crippen molar-refractivity contribution >= 4 is 0 Å². The Balaban J connectivity index is 2.05. The van der Waals surface area contributed by atoms with Crippen LogP contribution in [0.25, 0.3) is 0 Å². The largest absolute Gasteiger partial charge is 0.486 e. The van der Waals surface area contributed by atoms with Crippen molar-refractivity contribution in [3.63, 3.8) is 0 Å². The van der Waals surface area contributed by atoms with Crippen molar-refractivity contribution in [1.29, 1.82) is 0 Å². The molecule has 1 aliphatic rings. The summed E-state index contributed by atoms with van der Waals surface area (Å²) in [4.78, 5) is 0. The molecule has 2 atom stereocenters. The van der Waals surface area contributed by atoms with Crippen molar-refractivity contribution in [3.05, 3.63) is 30.1 Å². The molecule has 16 heavy (non-hydrogen) atoms. The van der Waals surface area contributed by atoms with E-state index in [-0.39, 0.29) is 18.0 Å². The zero-order valence-corrected chi connectivity index (χ0v) is 9.36. The van der Waals surface area contributed by atoms with Crippen molar-refractivity contribution in [1.82, 2.24) is 0 Å². The number of ether oxygens (including phenoxy) is 1. The van der Waals surface area contributed by atoms with E-state index in [0.29, 0.717) is 5.75 Å². The molecule has 1 aromatic carbocycles. The number of benzene rings is 1. The zero-order chi connectivity index (χ0) is 11.4. The van der Waals surface area contributed by atoms with Crippen molar-refractivity contribution in [2.75, 3.05) is 0 Å². The minimum Gasteiger partial charge on any atom is -0.486 e. The van der Waals surface area contributed by atoms with Gasteiger partial charge < -0.3 is 10.5 Å². The molecule has 0 heterocycles. The van der Waals surface area contributed by atoms with E-state index in [0.717, 1.165) is 25.7 Å². The maximum absolute atomic E-state index is 13.4. The Hall–Kier alpha value is -1.09. The second-order valence-electron chi connectivity index (χ2n) is 4.39.